The van der Waals surface area contributed by atoms with Crippen molar-refractivity contribution in [2.45, 2.75) is 19.8 Å². The van der Waals surface area contributed by atoms with E-state index in [0.29, 0.717) is 5.65 Å². The topological polar surface area (TPSA) is 76.2 Å². The average molecular weight is 420 g/mol. The molecule has 6 nitrogen and oxygen atoms in total. The van der Waals surface area contributed by atoms with Gasteiger partial charge in [-0.15, -0.1) is 0 Å². The van der Waals surface area contributed by atoms with Gasteiger partial charge in [0.05, 0.1) is 0 Å². The summed E-state index contributed by atoms with van der Waals surface area (Å²) in [6, 6.07) is 0. The van der Waals surface area contributed by atoms with Gasteiger partial charge in [0.2, 0.25) is 0 Å². The summed E-state index contributed by atoms with van der Waals surface area (Å²) in [7, 11) is 1.00. The minimum atomic E-state index is 0. The van der Waals surface area contributed by atoms with Crippen molar-refractivity contribution in [3.63, 3.8) is 0 Å². The number of nitrogens with zero attached hydrogens (tertiary/aromatic N) is 5. The van der Waals surface area contributed by atoms with Crippen LogP contribution in [-0.4, -0.2) is 40.4 Å². The van der Waals surface area contributed by atoms with E-state index in [1.54, 1.807) is 6.20 Å². The van der Waals surface area contributed by atoms with E-state index < -0.39 is 0 Å². The summed E-state index contributed by atoms with van der Waals surface area (Å²) >= 11 is 0. The largest absolute Gasteiger partial charge is 0.422 e. The number of fused-ring (bicyclic) bond motifs is 1. The standard InChI is InChI=1S/C10H12N5.CH4O.Re/c1-7-12-9-8(6-11-14-9)10(13-7)15-4-2-3-5-15;1-2;/h6H,2-5H2,1H3;2H,1H3;/q-1;;. The van der Waals surface area contributed by atoms with Gasteiger partial charge in [-0.3, -0.25) is 5.10 Å². The molecule has 1 fully saturated rings. The van der Waals surface area contributed by atoms with Crippen LogP contribution in [0.1, 0.15) is 18.7 Å². The fourth-order valence-electron chi connectivity index (χ4n) is 2.05. The van der Waals surface area contributed by atoms with Crippen LogP contribution in [0.25, 0.3) is 11.0 Å². The molecular formula is C11H16N5ORe-. The van der Waals surface area contributed by atoms with Gasteiger partial charge in [0.15, 0.2) is 0 Å². The number of aliphatic hydroxyl groups is 1. The summed E-state index contributed by atoms with van der Waals surface area (Å²) in [4.78, 5) is 11.0. The fraction of sp³-hybridized carbons (Fsp3) is 0.545. The van der Waals surface area contributed by atoms with Crippen molar-refractivity contribution in [2.24, 2.45) is 0 Å². The molecule has 1 aliphatic heterocycles. The summed E-state index contributed by atoms with van der Waals surface area (Å²) in [6.45, 7) is 4.06. The smallest absolute Gasteiger partial charge is 0.137 e. The molecule has 0 atom stereocenters. The number of anilines is 1. The van der Waals surface area contributed by atoms with Crippen LogP contribution in [0.15, 0.2) is 6.20 Å². The van der Waals surface area contributed by atoms with E-state index in [2.05, 4.69) is 25.1 Å². The van der Waals surface area contributed by atoms with Crippen LogP contribution in [-0.2, 0) is 20.4 Å². The third kappa shape index (κ3) is 2.86. The molecule has 3 heterocycles. The van der Waals surface area contributed by atoms with Crippen LogP contribution in [0, 0.1) is 6.92 Å². The Balaban J connectivity index is 0.000000516. The first-order valence-electron chi connectivity index (χ1n) is 5.67. The maximum absolute atomic E-state index is 7.00. The maximum Gasteiger partial charge on any atom is 0.137 e. The average Bonchev–Trinajstić information content (AvgIpc) is 3.01. The van der Waals surface area contributed by atoms with E-state index in [1.165, 1.54) is 12.8 Å². The first kappa shape index (κ1) is 15.0. The molecule has 2 aromatic rings. The van der Waals surface area contributed by atoms with E-state index in [1.807, 2.05) is 6.92 Å². The number of aryl methyl sites for hydroxylation is 1. The third-order valence-corrected chi connectivity index (χ3v) is 2.76. The van der Waals surface area contributed by atoms with Gasteiger partial charge in [0, 0.05) is 58.0 Å². The number of hydrogen-bond donors (Lipinski definition) is 1. The molecule has 1 aliphatic rings. The molecular weight excluding hydrogens is 404 g/mol. The van der Waals surface area contributed by atoms with E-state index in [4.69, 9.17) is 5.11 Å². The van der Waals surface area contributed by atoms with E-state index in [9.17, 15) is 0 Å². The predicted molar refractivity (Wildman–Crippen MR) is 65.0 cm³/mol. The number of rotatable bonds is 1. The normalized spacial score (nSPS) is 14.1. The van der Waals surface area contributed by atoms with Crippen LogP contribution in [0.2, 0.25) is 0 Å². The van der Waals surface area contributed by atoms with Gasteiger partial charge in [-0.05, 0) is 25.4 Å². The van der Waals surface area contributed by atoms with E-state index in [0.717, 1.165) is 37.2 Å². The molecule has 0 saturated carbocycles. The molecule has 0 unspecified atom stereocenters. The zero-order chi connectivity index (χ0) is 12.3. The number of hydrogen-bond acceptors (Lipinski definition) is 5. The first-order valence-corrected chi connectivity index (χ1v) is 5.67. The SMILES string of the molecule is CO.Cc1nc(N2CCCC2)c2cn[n-]c2n1.[Re]. The molecule has 7 heteroatoms. The van der Waals surface area contributed by atoms with Crippen molar-refractivity contribution < 1.29 is 25.5 Å². The zero-order valence-corrected chi connectivity index (χ0v) is 13.2. The Morgan fingerprint density at radius 1 is 1.22 bits per heavy atom. The summed E-state index contributed by atoms with van der Waals surface area (Å²) < 4.78 is 0. The first-order chi connectivity index (χ1) is 8.34. The van der Waals surface area contributed by atoms with Gasteiger partial charge in [-0.1, -0.05) is 0 Å². The fourth-order valence-corrected chi connectivity index (χ4v) is 2.05. The maximum atomic E-state index is 7.00. The summed E-state index contributed by atoms with van der Waals surface area (Å²) in [5.74, 6) is 1.77. The van der Waals surface area contributed by atoms with Crippen LogP contribution in [0.4, 0.5) is 5.82 Å². The quantitative estimate of drug-likeness (QED) is 0.724. The molecule has 0 spiro atoms. The number of aliphatic hydroxyl groups excluding tert-OH is 1. The number of aromatic nitrogens is 4. The molecule has 99 valence electrons. The molecule has 3 rings (SSSR count). The van der Waals surface area contributed by atoms with Crippen molar-refractivity contribution in [2.75, 3.05) is 25.1 Å². The third-order valence-electron chi connectivity index (χ3n) is 2.76. The summed E-state index contributed by atoms with van der Waals surface area (Å²) in [5.41, 5.74) is 0.712. The minimum absolute atomic E-state index is 0. The molecule has 0 aliphatic carbocycles. The van der Waals surface area contributed by atoms with Crippen molar-refractivity contribution in [3.05, 3.63) is 12.0 Å². The van der Waals surface area contributed by atoms with Crippen molar-refractivity contribution in [3.8, 4) is 0 Å². The summed E-state index contributed by atoms with van der Waals surface area (Å²) in [5, 5.41) is 15.9. The molecule has 1 radical (unpaired) electrons. The Kier molecular flexibility index (Phi) is 5.67. The Bertz CT molecular complexity index is 495. The molecule has 2 aromatic heterocycles. The van der Waals surface area contributed by atoms with Crippen LogP contribution in [0.5, 0.6) is 0 Å². The van der Waals surface area contributed by atoms with Gasteiger partial charge in [-0.2, -0.15) is 0 Å². The van der Waals surface area contributed by atoms with E-state index in [-0.39, 0.29) is 20.4 Å². The minimum Gasteiger partial charge on any atom is -0.422 e. The second-order valence-corrected chi connectivity index (χ2v) is 3.87. The molecule has 0 amide bonds. The Hall–Kier alpha value is -1.03. The van der Waals surface area contributed by atoms with Crippen LogP contribution in [0.3, 0.4) is 0 Å². The Labute approximate surface area is 119 Å². The predicted octanol–water partition coefficient (Wildman–Crippen LogP) is 0.497. The molecule has 1 saturated heterocycles. The summed E-state index contributed by atoms with van der Waals surface area (Å²) in [6.07, 6.45) is 4.24. The van der Waals surface area contributed by atoms with Crippen LogP contribution < -0.4 is 10.00 Å². The van der Waals surface area contributed by atoms with Crippen molar-refractivity contribution >= 4 is 16.9 Å². The Morgan fingerprint density at radius 2 is 1.89 bits per heavy atom. The van der Waals surface area contributed by atoms with Crippen LogP contribution >= 0.6 is 0 Å². The second kappa shape index (κ2) is 6.78. The van der Waals surface area contributed by atoms with Gasteiger partial charge < -0.3 is 20.1 Å². The molecule has 1 N–H and O–H groups in total. The molecule has 18 heavy (non-hydrogen) atoms. The van der Waals surface area contributed by atoms with Gasteiger partial charge in [0.25, 0.3) is 0 Å². The second-order valence-electron chi connectivity index (χ2n) is 3.87. The van der Waals surface area contributed by atoms with Gasteiger partial charge in [-0.25, -0.2) is 4.98 Å². The van der Waals surface area contributed by atoms with Crippen molar-refractivity contribution in [1.82, 2.24) is 20.2 Å². The van der Waals surface area contributed by atoms with Crippen molar-refractivity contribution in [1.29, 1.82) is 0 Å². The van der Waals surface area contributed by atoms with E-state index >= 15 is 0 Å². The Morgan fingerprint density at radius 3 is 2.56 bits per heavy atom. The van der Waals surface area contributed by atoms with Gasteiger partial charge in [0.1, 0.15) is 5.82 Å². The van der Waals surface area contributed by atoms with Gasteiger partial charge >= 0.3 is 0 Å². The molecule has 0 aromatic carbocycles. The zero-order valence-electron chi connectivity index (χ0n) is 10.5. The monoisotopic (exact) mass is 421 g/mol. The molecule has 0 bridgehead atoms.